The fourth-order valence-electron chi connectivity index (χ4n) is 2.36. The molecule has 0 aliphatic carbocycles. The molecule has 0 radical (unpaired) electrons. The minimum absolute atomic E-state index is 0.177. The highest BCUT2D eigenvalue weighted by Crippen LogP contribution is 2.15. The van der Waals surface area contributed by atoms with Gasteiger partial charge in [0.05, 0.1) is 19.9 Å². The van der Waals surface area contributed by atoms with Gasteiger partial charge in [0, 0.05) is 20.1 Å². The van der Waals surface area contributed by atoms with E-state index < -0.39 is 22.0 Å². The first-order chi connectivity index (χ1) is 13.0. The van der Waals surface area contributed by atoms with Crippen LogP contribution in [0.1, 0.15) is 26.3 Å². The molecule has 1 atom stereocenters. The topological polar surface area (TPSA) is 96.0 Å². The van der Waals surface area contributed by atoms with E-state index in [9.17, 15) is 18.0 Å². The molecule has 0 aliphatic rings. The van der Waals surface area contributed by atoms with Gasteiger partial charge in [-0.05, 0) is 30.5 Å². The number of ether oxygens (including phenoxy) is 1. The number of rotatable bonds is 10. The highest BCUT2D eigenvalue weighted by atomic mass is 32.2. The number of nitrogens with zero attached hydrogens (tertiary/aromatic N) is 2. The summed E-state index contributed by atoms with van der Waals surface area (Å²) in [6.45, 7) is 5.93. The van der Waals surface area contributed by atoms with Crippen molar-refractivity contribution in [1.29, 1.82) is 0 Å². The van der Waals surface area contributed by atoms with Crippen molar-refractivity contribution in [3.63, 3.8) is 0 Å². The van der Waals surface area contributed by atoms with Gasteiger partial charge in [0.2, 0.25) is 21.8 Å². The van der Waals surface area contributed by atoms with Crippen molar-refractivity contribution in [2.45, 2.75) is 33.4 Å². The zero-order valence-corrected chi connectivity index (χ0v) is 18.2. The van der Waals surface area contributed by atoms with E-state index in [4.69, 9.17) is 4.74 Å². The Morgan fingerprint density at radius 3 is 2.18 bits per heavy atom. The average Bonchev–Trinajstić information content (AvgIpc) is 2.63. The number of hydrogen-bond donors (Lipinski definition) is 1. The molecule has 0 unspecified atom stereocenters. The molecule has 0 heterocycles. The van der Waals surface area contributed by atoms with Gasteiger partial charge in [-0.25, -0.2) is 8.42 Å². The van der Waals surface area contributed by atoms with Crippen LogP contribution in [0, 0.1) is 5.92 Å². The average molecular weight is 414 g/mol. The summed E-state index contributed by atoms with van der Waals surface area (Å²) >= 11 is 0. The normalized spacial score (nSPS) is 12.7. The predicted molar refractivity (Wildman–Crippen MR) is 108 cm³/mol. The summed E-state index contributed by atoms with van der Waals surface area (Å²) in [6.07, 6.45) is 1.03. The number of carbonyl (C=O) groups excluding carboxylic acids is 2. The first-order valence-corrected chi connectivity index (χ1v) is 10.9. The quantitative estimate of drug-likeness (QED) is 0.619. The van der Waals surface area contributed by atoms with Crippen LogP contribution in [0.4, 0.5) is 0 Å². The zero-order valence-electron chi connectivity index (χ0n) is 17.4. The van der Waals surface area contributed by atoms with E-state index in [0.717, 1.165) is 16.1 Å². The Hall–Kier alpha value is -2.13. The third-order valence-electron chi connectivity index (χ3n) is 4.29. The van der Waals surface area contributed by atoms with E-state index in [0.29, 0.717) is 12.3 Å². The Kier molecular flexibility index (Phi) is 8.90. The Morgan fingerprint density at radius 2 is 1.71 bits per heavy atom. The van der Waals surface area contributed by atoms with Crippen LogP contribution in [0.2, 0.25) is 0 Å². The second-order valence-corrected chi connectivity index (χ2v) is 9.29. The molecule has 0 aliphatic heterocycles. The van der Waals surface area contributed by atoms with Crippen molar-refractivity contribution >= 4 is 21.8 Å². The molecule has 1 aromatic carbocycles. The van der Waals surface area contributed by atoms with E-state index in [1.165, 1.54) is 11.9 Å². The van der Waals surface area contributed by atoms with Crippen LogP contribution in [0.25, 0.3) is 0 Å². The number of benzene rings is 1. The molecular formula is C19H31N3O5S. The highest BCUT2D eigenvalue weighted by molar-refractivity contribution is 7.88. The number of methoxy groups -OCH3 is 1. The van der Waals surface area contributed by atoms with Gasteiger partial charge in [0.15, 0.2) is 0 Å². The van der Waals surface area contributed by atoms with Crippen LogP contribution in [-0.2, 0) is 26.2 Å². The van der Waals surface area contributed by atoms with Crippen LogP contribution < -0.4 is 10.1 Å². The fraction of sp³-hybridized carbons (Fsp3) is 0.579. The number of likely N-dealkylation sites (N-methyl/N-ethyl adjacent to an activating group) is 1. The molecule has 28 heavy (non-hydrogen) atoms. The first-order valence-electron chi connectivity index (χ1n) is 9.07. The van der Waals surface area contributed by atoms with Crippen molar-refractivity contribution in [3.8, 4) is 5.75 Å². The van der Waals surface area contributed by atoms with Gasteiger partial charge >= 0.3 is 0 Å². The second-order valence-electron chi connectivity index (χ2n) is 7.20. The lowest BCUT2D eigenvalue weighted by atomic mass is 10.1. The van der Waals surface area contributed by atoms with Crippen molar-refractivity contribution in [2.24, 2.45) is 5.92 Å². The summed E-state index contributed by atoms with van der Waals surface area (Å²) in [6, 6.07) is 6.39. The fourth-order valence-corrected chi connectivity index (χ4v) is 2.71. The minimum Gasteiger partial charge on any atom is -0.497 e. The maximum absolute atomic E-state index is 12.8. The summed E-state index contributed by atoms with van der Waals surface area (Å²) < 4.78 is 29.4. The van der Waals surface area contributed by atoms with Gasteiger partial charge in [-0.3, -0.25) is 9.59 Å². The molecule has 1 aromatic rings. The molecule has 1 N–H and O–H groups in total. The molecule has 8 nitrogen and oxygen atoms in total. The van der Waals surface area contributed by atoms with Crippen molar-refractivity contribution in [1.82, 2.24) is 14.5 Å². The molecule has 9 heteroatoms. The van der Waals surface area contributed by atoms with E-state index >= 15 is 0 Å². The Balaban J connectivity index is 3.03. The molecule has 0 fully saturated rings. The molecule has 0 bridgehead atoms. The summed E-state index contributed by atoms with van der Waals surface area (Å²) in [5, 5.41) is 2.82. The molecule has 158 valence electrons. The van der Waals surface area contributed by atoms with E-state index in [-0.39, 0.29) is 24.9 Å². The number of amides is 2. The van der Waals surface area contributed by atoms with E-state index in [1.54, 1.807) is 38.3 Å². The molecule has 0 aromatic heterocycles. The predicted octanol–water partition coefficient (Wildman–Crippen LogP) is 1.08. The van der Waals surface area contributed by atoms with Crippen LogP contribution in [0.3, 0.4) is 0 Å². The smallest absolute Gasteiger partial charge is 0.242 e. The van der Waals surface area contributed by atoms with Crippen LogP contribution >= 0.6 is 0 Å². The zero-order chi connectivity index (χ0) is 21.5. The largest absolute Gasteiger partial charge is 0.497 e. The van der Waals surface area contributed by atoms with E-state index in [1.807, 2.05) is 13.8 Å². The van der Waals surface area contributed by atoms with Gasteiger partial charge in [0.1, 0.15) is 11.8 Å². The van der Waals surface area contributed by atoms with Gasteiger partial charge in [-0.2, -0.15) is 4.31 Å². The molecule has 2 amide bonds. The molecular weight excluding hydrogens is 382 g/mol. The Bertz CT molecular complexity index is 762. The number of sulfonamides is 1. The summed E-state index contributed by atoms with van der Waals surface area (Å²) in [7, 11) is -0.614. The Morgan fingerprint density at radius 1 is 1.14 bits per heavy atom. The van der Waals surface area contributed by atoms with Gasteiger partial charge in [-0.15, -0.1) is 0 Å². The lowest BCUT2D eigenvalue weighted by Crippen LogP contribution is -2.51. The minimum atomic E-state index is -3.51. The standard InChI is InChI=1S/C19H31N3O5S/c1-14(2)11-20-19(24)15(3)22(18(23)13-21(4)28(6,25)26)12-16-7-9-17(27-5)10-8-16/h7-10,14-15H,11-13H2,1-6H3,(H,20,24)/t15-/m1/s1. The number of hydrogen-bond acceptors (Lipinski definition) is 5. The third-order valence-corrected chi connectivity index (χ3v) is 5.55. The monoisotopic (exact) mass is 413 g/mol. The molecule has 0 saturated carbocycles. The van der Waals surface area contributed by atoms with Crippen LogP contribution in [0.15, 0.2) is 24.3 Å². The number of nitrogens with one attached hydrogen (secondary N) is 1. The second kappa shape index (κ2) is 10.4. The summed E-state index contributed by atoms with van der Waals surface area (Å²) in [5.74, 6) is 0.230. The van der Waals surface area contributed by atoms with Crippen molar-refractivity contribution in [3.05, 3.63) is 29.8 Å². The first kappa shape index (κ1) is 23.9. The van der Waals surface area contributed by atoms with E-state index in [2.05, 4.69) is 5.32 Å². The van der Waals surface area contributed by atoms with Crippen LogP contribution in [-0.4, -0.2) is 69.0 Å². The molecule has 0 spiro atoms. The summed E-state index contributed by atoms with van der Waals surface area (Å²) in [5.41, 5.74) is 0.805. The third kappa shape index (κ3) is 7.47. The van der Waals surface area contributed by atoms with Gasteiger partial charge < -0.3 is 15.0 Å². The maximum Gasteiger partial charge on any atom is 0.242 e. The maximum atomic E-state index is 12.8. The lowest BCUT2D eigenvalue weighted by Gasteiger charge is -2.30. The van der Waals surface area contributed by atoms with Crippen molar-refractivity contribution < 1.29 is 22.7 Å². The summed E-state index contributed by atoms with van der Waals surface area (Å²) in [4.78, 5) is 26.7. The number of carbonyl (C=O) groups is 2. The van der Waals surface area contributed by atoms with Crippen LogP contribution in [0.5, 0.6) is 5.75 Å². The van der Waals surface area contributed by atoms with Crippen molar-refractivity contribution in [2.75, 3.05) is 33.5 Å². The SMILES string of the molecule is COc1ccc(CN(C(=O)CN(C)S(C)(=O)=O)[C@H](C)C(=O)NCC(C)C)cc1. The van der Waals surface area contributed by atoms with Gasteiger partial charge in [0.25, 0.3) is 0 Å². The lowest BCUT2D eigenvalue weighted by molar-refractivity contribution is -0.140. The molecule has 1 rings (SSSR count). The molecule has 0 saturated heterocycles. The Labute approximate surface area is 167 Å². The highest BCUT2D eigenvalue weighted by Gasteiger charge is 2.28. The van der Waals surface area contributed by atoms with Gasteiger partial charge in [-0.1, -0.05) is 26.0 Å².